The molecule has 0 spiro atoms. The van der Waals surface area contributed by atoms with E-state index in [1.54, 1.807) is 17.8 Å². The van der Waals surface area contributed by atoms with Gasteiger partial charge in [-0.15, -0.1) is 0 Å². The van der Waals surface area contributed by atoms with Crippen LogP contribution in [0.4, 0.5) is 5.69 Å². The fourth-order valence-corrected chi connectivity index (χ4v) is 3.48. The van der Waals surface area contributed by atoms with Crippen LogP contribution in [0.25, 0.3) is 0 Å². The summed E-state index contributed by atoms with van der Waals surface area (Å²) in [4.78, 5) is 15.4. The van der Waals surface area contributed by atoms with Crippen molar-refractivity contribution in [3.63, 3.8) is 0 Å². The number of nitrogens with zero attached hydrogens (tertiary/aromatic N) is 1. The highest BCUT2D eigenvalue weighted by molar-refractivity contribution is 8.03. The molecule has 0 saturated heterocycles. The van der Waals surface area contributed by atoms with Crippen molar-refractivity contribution in [2.24, 2.45) is 0 Å². The van der Waals surface area contributed by atoms with E-state index >= 15 is 0 Å². The van der Waals surface area contributed by atoms with E-state index in [-0.39, 0.29) is 5.78 Å². The van der Waals surface area contributed by atoms with Crippen LogP contribution < -0.4 is 4.90 Å². The van der Waals surface area contributed by atoms with Gasteiger partial charge < -0.3 is 4.90 Å². The Morgan fingerprint density at radius 1 is 1.10 bits per heavy atom. The SMILES string of the molecule is CN1C(=CC(=O)CCc2ccccc2)Sc2ccccc21. The zero-order chi connectivity index (χ0) is 14.7. The molecule has 0 amide bonds. The van der Waals surface area contributed by atoms with Crippen molar-refractivity contribution in [2.75, 3.05) is 11.9 Å². The van der Waals surface area contributed by atoms with E-state index < -0.39 is 0 Å². The van der Waals surface area contributed by atoms with Gasteiger partial charge in [-0.2, -0.15) is 0 Å². The molecule has 0 aromatic heterocycles. The average Bonchev–Trinajstić information content (AvgIpc) is 2.83. The van der Waals surface area contributed by atoms with Gasteiger partial charge in [-0.25, -0.2) is 0 Å². The van der Waals surface area contributed by atoms with E-state index in [0.717, 1.165) is 11.4 Å². The second-order valence-electron chi connectivity index (χ2n) is 5.06. The first-order chi connectivity index (χ1) is 10.2. The summed E-state index contributed by atoms with van der Waals surface area (Å²) in [5.74, 6) is 0.181. The van der Waals surface area contributed by atoms with Gasteiger partial charge in [0.25, 0.3) is 0 Å². The van der Waals surface area contributed by atoms with Crippen molar-refractivity contribution in [1.29, 1.82) is 0 Å². The highest BCUT2D eigenvalue weighted by Gasteiger charge is 2.21. The van der Waals surface area contributed by atoms with E-state index in [1.165, 1.54) is 16.1 Å². The topological polar surface area (TPSA) is 20.3 Å². The summed E-state index contributed by atoms with van der Waals surface area (Å²) < 4.78 is 0. The summed E-state index contributed by atoms with van der Waals surface area (Å²) in [6.45, 7) is 0. The van der Waals surface area contributed by atoms with E-state index in [9.17, 15) is 4.79 Å². The molecule has 0 radical (unpaired) electrons. The summed E-state index contributed by atoms with van der Waals surface area (Å²) in [5.41, 5.74) is 2.38. The number of para-hydroxylation sites is 1. The Bertz CT molecular complexity index is 679. The van der Waals surface area contributed by atoms with E-state index in [2.05, 4.69) is 29.2 Å². The van der Waals surface area contributed by atoms with Gasteiger partial charge in [0.1, 0.15) is 0 Å². The number of carbonyl (C=O) groups is 1. The van der Waals surface area contributed by atoms with Crippen LogP contribution in [0.15, 0.2) is 70.6 Å². The van der Waals surface area contributed by atoms with Crippen molar-refractivity contribution in [3.05, 3.63) is 71.3 Å². The number of thioether (sulfide) groups is 1. The molecule has 1 heterocycles. The average molecular weight is 295 g/mol. The van der Waals surface area contributed by atoms with Gasteiger partial charge in [-0.3, -0.25) is 4.79 Å². The number of allylic oxidation sites excluding steroid dienone is 1. The second kappa shape index (κ2) is 6.19. The van der Waals surface area contributed by atoms with Crippen molar-refractivity contribution < 1.29 is 4.79 Å². The smallest absolute Gasteiger partial charge is 0.158 e. The summed E-state index contributed by atoms with van der Waals surface area (Å²) in [7, 11) is 2.01. The molecule has 2 nitrogen and oxygen atoms in total. The number of rotatable bonds is 4. The van der Waals surface area contributed by atoms with Crippen LogP contribution in [-0.4, -0.2) is 12.8 Å². The Morgan fingerprint density at radius 3 is 2.57 bits per heavy atom. The predicted octanol–water partition coefficient (Wildman–Crippen LogP) is 4.27. The van der Waals surface area contributed by atoms with Crippen LogP contribution in [0, 0.1) is 0 Å². The molecule has 0 atom stereocenters. The Kier molecular flexibility index (Phi) is 4.11. The first-order valence-corrected chi connectivity index (χ1v) is 7.85. The van der Waals surface area contributed by atoms with Crippen molar-refractivity contribution in [2.45, 2.75) is 17.7 Å². The van der Waals surface area contributed by atoms with Gasteiger partial charge in [0.2, 0.25) is 0 Å². The second-order valence-corrected chi connectivity index (χ2v) is 6.13. The van der Waals surface area contributed by atoms with Gasteiger partial charge in [0.15, 0.2) is 5.78 Å². The first kappa shape index (κ1) is 14.0. The number of fused-ring (bicyclic) bond motifs is 1. The standard InChI is InChI=1S/C18H17NOS/c1-19-16-9-5-6-10-17(16)21-18(19)13-15(20)12-11-14-7-3-2-4-8-14/h2-10,13H,11-12H2,1H3. The molecule has 3 rings (SSSR count). The van der Waals surface area contributed by atoms with Gasteiger partial charge >= 0.3 is 0 Å². The summed E-state index contributed by atoms with van der Waals surface area (Å²) in [6.07, 6.45) is 3.12. The van der Waals surface area contributed by atoms with Crippen LogP contribution in [0.1, 0.15) is 12.0 Å². The molecule has 0 bridgehead atoms. The Morgan fingerprint density at radius 2 is 1.81 bits per heavy atom. The molecule has 0 unspecified atom stereocenters. The molecule has 3 heteroatoms. The fourth-order valence-electron chi connectivity index (χ4n) is 2.37. The zero-order valence-electron chi connectivity index (χ0n) is 12.0. The maximum Gasteiger partial charge on any atom is 0.158 e. The number of hydrogen-bond donors (Lipinski definition) is 0. The van der Waals surface area contributed by atoms with Gasteiger partial charge in [0, 0.05) is 24.4 Å². The quantitative estimate of drug-likeness (QED) is 0.786. The molecular formula is C18H17NOS. The monoisotopic (exact) mass is 295 g/mol. The lowest BCUT2D eigenvalue weighted by Crippen LogP contribution is -2.11. The molecule has 1 aliphatic heterocycles. The maximum atomic E-state index is 12.2. The summed E-state index contributed by atoms with van der Waals surface area (Å²) in [5, 5.41) is 1.01. The minimum Gasteiger partial charge on any atom is -0.338 e. The van der Waals surface area contributed by atoms with Gasteiger partial charge in [-0.05, 0) is 24.1 Å². The van der Waals surface area contributed by atoms with Gasteiger partial charge in [0.05, 0.1) is 10.7 Å². The largest absolute Gasteiger partial charge is 0.338 e. The van der Waals surface area contributed by atoms with Crippen LogP contribution in [-0.2, 0) is 11.2 Å². The predicted molar refractivity (Wildman–Crippen MR) is 88.6 cm³/mol. The Hall–Kier alpha value is -2.00. The summed E-state index contributed by atoms with van der Waals surface area (Å²) in [6, 6.07) is 18.4. The molecule has 1 aliphatic rings. The highest BCUT2D eigenvalue weighted by atomic mass is 32.2. The fraction of sp³-hybridized carbons (Fsp3) is 0.167. The molecule has 0 fully saturated rings. The van der Waals surface area contributed by atoms with Crippen molar-refractivity contribution in [3.8, 4) is 0 Å². The third-order valence-electron chi connectivity index (χ3n) is 3.56. The van der Waals surface area contributed by atoms with E-state index in [1.807, 2.05) is 37.4 Å². The van der Waals surface area contributed by atoms with Crippen LogP contribution in [0.5, 0.6) is 0 Å². The number of aryl methyl sites for hydroxylation is 1. The molecular weight excluding hydrogens is 278 g/mol. The lowest BCUT2D eigenvalue weighted by atomic mass is 10.1. The molecule has 21 heavy (non-hydrogen) atoms. The number of hydrogen-bond acceptors (Lipinski definition) is 3. The summed E-state index contributed by atoms with van der Waals surface area (Å²) >= 11 is 1.66. The van der Waals surface area contributed by atoms with Crippen LogP contribution in [0.2, 0.25) is 0 Å². The molecule has 0 aliphatic carbocycles. The molecule has 0 N–H and O–H groups in total. The van der Waals surface area contributed by atoms with Gasteiger partial charge in [-0.1, -0.05) is 54.2 Å². The number of carbonyl (C=O) groups excluding carboxylic acids is 1. The lowest BCUT2D eigenvalue weighted by molar-refractivity contribution is -0.114. The lowest BCUT2D eigenvalue weighted by Gasteiger charge is -2.12. The number of anilines is 1. The maximum absolute atomic E-state index is 12.2. The molecule has 2 aromatic rings. The number of benzene rings is 2. The normalized spacial score (nSPS) is 15.3. The minimum absolute atomic E-state index is 0.181. The first-order valence-electron chi connectivity index (χ1n) is 7.03. The van der Waals surface area contributed by atoms with Crippen molar-refractivity contribution >= 4 is 23.2 Å². The van der Waals surface area contributed by atoms with E-state index in [0.29, 0.717) is 6.42 Å². The van der Waals surface area contributed by atoms with Crippen LogP contribution in [0.3, 0.4) is 0 Å². The van der Waals surface area contributed by atoms with Crippen molar-refractivity contribution in [1.82, 2.24) is 0 Å². The Labute approximate surface area is 129 Å². The zero-order valence-corrected chi connectivity index (χ0v) is 12.8. The number of ketones is 1. The minimum atomic E-state index is 0.181. The van der Waals surface area contributed by atoms with Crippen LogP contribution >= 0.6 is 11.8 Å². The highest BCUT2D eigenvalue weighted by Crippen LogP contribution is 2.44. The molecule has 0 saturated carbocycles. The van der Waals surface area contributed by atoms with E-state index in [4.69, 9.17) is 0 Å². The molecule has 2 aromatic carbocycles. The Balaban J connectivity index is 1.65. The third-order valence-corrected chi connectivity index (χ3v) is 4.73. The third kappa shape index (κ3) is 3.19. The molecule has 106 valence electrons.